The Labute approximate surface area is 125 Å². The van der Waals surface area contributed by atoms with Crippen molar-refractivity contribution in [1.82, 2.24) is 0 Å². The van der Waals surface area contributed by atoms with E-state index in [1.54, 1.807) is 0 Å². The highest BCUT2D eigenvalue weighted by Crippen LogP contribution is 2.10. The van der Waals surface area contributed by atoms with Crippen LogP contribution in [0.3, 0.4) is 0 Å². The Morgan fingerprint density at radius 1 is 0.765 bits per heavy atom. The summed E-state index contributed by atoms with van der Waals surface area (Å²) < 4.78 is 0.855. The van der Waals surface area contributed by atoms with Gasteiger partial charge < -0.3 is 33.6 Å². The lowest BCUT2D eigenvalue weighted by molar-refractivity contribution is -0.927. The van der Waals surface area contributed by atoms with Gasteiger partial charge in [-0.15, -0.1) is 0 Å². The van der Waals surface area contributed by atoms with Crippen LogP contribution in [-0.2, 0) is 0 Å². The molecule has 0 fully saturated rings. The number of hydrogen-bond donors (Lipinski definition) is 1. The monoisotopic (exact) mass is 357 g/mol. The molecule has 0 aliphatic heterocycles. The highest BCUT2D eigenvalue weighted by Gasteiger charge is 2.18. The first kappa shape index (κ1) is 20.0. The molecule has 0 rings (SSSR count). The van der Waals surface area contributed by atoms with Crippen LogP contribution in [0.25, 0.3) is 0 Å². The van der Waals surface area contributed by atoms with E-state index in [2.05, 4.69) is 20.9 Å². The minimum Gasteiger partial charge on any atom is -1.00 e. The molecule has 0 amide bonds. The SMILES string of the molecule is CCCCCC[N+](C)(CO)CCCCCC.[I-]. The molecule has 0 aliphatic carbocycles. The fraction of sp³-hybridized carbons (Fsp3) is 1.00. The molecular weight excluding hydrogens is 325 g/mol. The van der Waals surface area contributed by atoms with E-state index in [4.69, 9.17) is 0 Å². The summed E-state index contributed by atoms with van der Waals surface area (Å²) in [5.74, 6) is 0. The van der Waals surface area contributed by atoms with Crippen molar-refractivity contribution in [2.24, 2.45) is 0 Å². The second-order valence-corrected chi connectivity index (χ2v) is 5.33. The first-order valence-electron chi connectivity index (χ1n) is 7.13. The largest absolute Gasteiger partial charge is 1.00 e. The van der Waals surface area contributed by atoms with E-state index < -0.39 is 0 Å². The molecule has 3 heteroatoms. The van der Waals surface area contributed by atoms with Crippen molar-refractivity contribution in [2.75, 3.05) is 26.9 Å². The van der Waals surface area contributed by atoms with Gasteiger partial charge in [-0.2, -0.15) is 0 Å². The number of quaternary nitrogens is 1. The van der Waals surface area contributed by atoms with Gasteiger partial charge in [0.15, 0.2) is 6.73 Å². The van der Waals surface area contributed by atoms with Crippen LogP contribution < -0.4 is 24.0 Å². The summed E-state index contributed by atoms with van der Waals surface area (Å²) in [5, 5.41) is 9.47. The van der Waals surface area contributed by atoms with Crippen LogP contribution in [0.2, 0.25) is 0 Å². The van der Waals surface area contributed by atoms with E-state index >= 15 is 0 Å². The maximum absolute atomic E-state index is 9.47. The second kappa shape index (κ2) is 13.1. The molecule has 0 heterocycles. The van der Waals surface area contributed by atoms with Crippen molar-refractivity contribution < 1.29 is 33.6 Å². The number of rotatable bonds is 11. The Bertz CT molecular complexity index is 141. The molecule has 0 saturated heterocycles. The van der Waals surface area contributed by atoms with Gasteiger partial charge in [0, 0.05) is 0 Å². The molecule has 0 aromatic carbocycles. The molecule has 0 radical (unpaired) electrons. The molecule has 17 heavy (non-hydrogen) atoms. The lowest BCUT2D eigenvalue weighted by atomic mass is 10.1. The summed E-state index contributed by atoms with van der Waals surface area (Å²) in [6.07, 6.45) is 10.4. The van der Waals surface area contributed by atoms with Gasteiger partial charge in [-0.3, -0.25) is 0 Å². The maximum Gasteiger partial charge on any atom is 0.180 e. The van der Waals surface area contributed by atoms with Gasteiger partial charge in [0.2, 0.25) is 0 Å². The first-order valence-corrected chi connectivity index (χ1v) is 7.13. The van der Waals surface area contributed by atoms with Crippen molar-refractivity contribution >= 4 is 0 Å². The van der Waals surface area contributed by atoms with Crippen molar-refractivity contribution in [3.05, 3.63) is 0 Å². The summed E-state index contributed by atoms with van der Waals surface area (Å²) in [4.78, 5) is 0. The quantitative estimate of drug-likeness (QED) is 0.248. The number of halogens is 1. The Balaban J connectivity index is 0. The first-order chi connectivity index (χ1) is 7.68. The van der Waals surface area contributed by atoms with E-state index in [1.165, 1.54) is 51.4 Å². The summed E-state index contributed by atoms with van der Waals surface area (Å²) in [6, 6.07) is 0. The van der Waals surface area contributed by atoms with E-state index in [-0.39, 0.29) is 24.0 Å². The molecule has 0 bridgehead atoms. The average Bonchev–Trinajstić information content (AvgIpc) is 2.31. The molecule has 0 spiro atoms. The van der Waals surface area contributed by atoms with Crippen LogP contribution in [0, 0.1) is 0 Å². The number of aliphatic hydroxyl groups is 1. The summed E-state index contributed by atoms with van der Waals surface area (Å²) >= 11 is 0. The van der Waals surface area contributed by atoms with E-state index in [9.17, 15) is 5.11 Å². The zero-order valence-electron chi connectivity index (χ0n) is 12.1. The molecule has 0 aliphatic rings. The van der Waals surface area contributed by atoms with Gasteiger partial charge in [0.1, 0.15) is 0 Å². The van der Waals surface area contributed by atoms with Crippen LogP contribution in [0.15, 0.2) is 0 Å². The third-order valence-electron chi connectivity index (χ3n) is 3.44. The Kier molecular flexibility index (Phi) is 15.4. The van der Waals surface area contributed by atoms with Gasteiger partial charge in [0.05, 0.1) is 20.1 Å². The Hall–Kier alpha value is 0.650. The van der Waals surface area contributed by atoms with Crippen LogP contribution in [0.1, 0.15) is 65.2 Å². The van der Waals surface area contributed by atoms with Crippen molar-refractivity contribution in [3.63, 3.8) is 0 Å². The molecular formula is C14H32INO. The molecule has 2 nitrogen and oxygen atoms in total. The zero-order chi connectivity index (χ0) is 12.3. The molecule has 0 aromatic rings. The summed E-state index contributed by atoms with van der Waals surface area (Å²) in [5.41, 5.74) is 0. The number of unbranched alkanes of at least 4 members (excludes halogenated alkanes) is 6. The van der Waals surface area contributed by atoms with E-state index in [0.29, 0.717) is 6.73 Å². The molecule has 0 atom stereocenters. The highest BCUT2D eigenvalue weighted by atomic mass is 127. The molecule has 1 N–H and O–H groups in total. The number of hydrogen-bond acceptors (Lipinski definition) is 1. The van der Waals surface area contributed by atoms with Gasteiger partial charge >= 0.3 is 0 Å². The predicted octanol–water partition coefficient (Wildman–Crippen LogP) is 0.547. The normalized spacial score (nSPS) is 11.3. The third-order valence-corrected chi connectivity index (χ3v) is 3.44. The fourth-order valence-corrected chi connectivity index (χ4v) is 2.09. The van der Waals surface area contributed by atoms with Crippen LogP contribution in [0.5, 0.6) is 0 Å². The fourth-order valence-electron chi connectivity index (χ4n) is 2.09. The molecule has 0 saturated carbocycles. The standard InChI is InChI=1S/C14H32NO.HI/c1-4-6-8-10-12-15(3,14-16)13-11-9-7-5-2;/h16H,4-14H2,1-3H3;1H/q+1;/p-1. The van der Waals surface area contributed by atoms with Gasteiger partial charge in [-0.05, 0) is 25.7 Å². The molecule has 0 unspecified atom stereocenters. The Morgan fingerprint density at radius 2 is 1.18 bits per heavy atom. The summed E-state index contributed by atoms with van der Waals surface area (Å²) in [6.45, 7) is 7.07. The highest BCUT2D eigenvalue weighted by molar-refractivity contribution is 4.44. The maximum atomic E-state index is 9.47. The lowest BCUT2D eigenvalue weighted by Gasteiger charge is -2.32. The molecule has 0 aromatic heterocycles. The lowest BCUT2D eigenvalue weighted by Crippen LogP contribution is -3.00. The van der Waals surface area contributed by atoms with E-state index in [0.717, 1.165) is 17.6 Å². The topological polar surface area (TPSA) is 20.2 Å². The predicted molar refractivity (Wildman–Crippen MR) is 71.3 cm³/mol. The van der Waals surface area contributed by atoms with Crippen LogP contribution in [-0.4, -0.2) is 36.5 Å². The summed E-state index contributed by atoms with van der Waals surface area (Å²) in [7, 11) is 2.19. The minimum absolute atomic E-state index is 0. The number of aliphatic hydroxyl groups excluding tert-OH is 1. The number of nitrogens with zero attached hydrogens (tertiary/aromatic N) is 1. The van der Waals surface area contributed by atoms with Crippen molar-refractivity contribution in [1.29, 1.82) is 0 Å². The average molecular weight is 357 g/mol. The third kappa shape index (κ3) is 11.5. The van der Waals surface area contributed by atoms with Crippen LogP contribution >= 0.6 is 0 Å². The van der Waals surface area contributed by atoms with E-state index in [1.807, 2.05) is 0 Å². The zero-order valence-corrected chi connectivity index (χ0v) is 14.2. The van der Waals surface area contributed by atoms with Gasteiger partial charge in [0.25, 0.3) is 0 Å². The Morgan fingerprint density at radius 3 is 1.47 bits per heavy atom. The van der Waals surface area contributed by atoms with Crippen molar-refractivity contribution in [2.45, 2.75) is 65.2 Å². The van der Waals surface area contributed by atoms with Crippen molar-refractivity contribution in [3.8, 4) is 0 Å². The van der Waals surface area contributed by atoms with Gasteiger partial charge in [-0.25, -0.2) is 0 Å². The minimum atomic E-state index is 0. The smallest absolute Gasteiger partial charge is 0.180 e. The van der Waals surface area contributed by atoms with Crippen LogP contribution in [0.4, 0.5) is 0 Å². The molecule has 106 valence electrons. The second-order valence-electron chi connectivity index (χ2n) is 5.33. The van der Waals surface area contributed by atoms with Gasteiger partial charge in [-0.1, -0.05) is 39.5 Å².